The highest BCUT2D eigenvalue weighted by atomic mass is 19.4. The molecule has 92 valence electrons. The van der Waals surface area contributed by atoms with Crippen LogP contribution in [-0.4, -0.2) is 25.7 Å². The van der Waals surface area contributed by atoms with E-state index in [1.807, 2.05) is 0 Å². The lowest BCUT2D eigenvalue weighted by Crippen LogP contribution is -2.16. The number of rotatable bonds is 2. The van der Waals surface area contributed by atoms with E-state index in [1.54, 1.807) is 0 Å². The number of hydrogen-bond donors (Lipinski definition) is 0. The maximum atomic E-state index is 12.7. The number of carbonyl (C=O) groups is 1. The minimum atomic E-state index is -4.42. The third kappa shape index (κ3) is 2.20. The molecule has 2 rings (SSSR count). The van der Waals surface area contributed by atoms with Crippen LogP contribution in [0, 0.1) is 0 Å². The van der Waals surface area contributed by atoms with Gasteiger partial charge in [0.25, 0.3) is 0 Å². The molecule has 0 aromatic heterocycles. The highest BCUT2D eigenvalue weighted by Crippen LogP contribution is 2.40. The zero-order valence-electron chi connectivity index (χ0n) is 8.99. The van der Waals surface area contributed by atoms with Gasteiger partial charge in [0.05, 0.1) is 19.2 Å². The number of para-hydroxylation sites is 1. The van der Waals surface area contributed by atoms with Gasteiger partial charge in [0, 0.05) is 5.69 Å². The molecule has 1 saturated heterocycles. The number of hydrogen-bond acceptors (Lipinski definition) is 3. The van der Waals surface area contributed by atoms with Gasteiger partial charge >= 0.3 is 12.1 Å². The predicted octanol–water partition coefficient (Wildman–Crippen LogP) is 2.07. The van der Waals surface area contributed by atoms with E-state index in [0.717, 1.165) is 6.07 Å². The Balaban J connectivity index is 2.27. The zero-order valence-corrected chi connectivity index (χ0v) is 8.99. The summed E-state index contributed by atoms with van der Waals surface area (Å²) in [6, 6.07) is 4.59. The summed E-state index contributed by atoms with van der Waals surface area (Å²) < 4.78 is 42.6. The molecular formula is C11H10F3NO2. The first kappa shape index (κ1) is 11.8. The number of carbonyl (C=O) groups excluding carboxylic acids is 1. The molecule has 1 heterocycles. The van der Waals surface area contributed by atoms with E-state index in [1.165, 1.54) is 30.2 Å². The molecule has 1 atom stereocenters. The molecule has 0 amide bonds. The second-order valence-corrected chi connectivity index (χ2v) is 3.71. The number of benzene rings is 1. The summed E-state index contributed by atoms with van der Waals surface area (Å²) in [5.41, 5.74) is -0.707. The monoisotopic (exact) mass is 245 g/mol. The van der Waals surface area contributed by atoms with Crippen molar-refractivity contribution in [3.05, 3.63) is 29.8 Å². The van der Waals surface area contributed by atoms with Crippen molar-refractivity contribution < 1.29 is 22.7 Å². The molecule has 1 unspecified atom stereocenters. The van der Waals surface area contributed by atoms with Gasteiger partial charge in [-0.2, -0.15) is 13.2 Å². The van der Waals surface area contributed by atoms with Gasteiger partial charge in [-0.25, -0.2) is 4.79 Å². The second kappa shape index (κ2) is 3.94. The summed E-state index contributed by atoms with van der Waals surface area (Å²) in [6.07, 6.45) is -4.42. The van der Waals surface area contributed by atoms with Gasteiger partial charge in [-0.3, -0.25) is 0 Å². The molecule has 3 nitrogen and oxygen atoms in total. The van der Waals surface area contributed by atoms with Crippen molar-refractivity contribution in [2.45, 2.75) is 12.2 Å². The molecule has 1 aromatic carbocycles. The lowest BCUT2D eigenvalue weighted by Gasteiger charge is -2.13. The van der Waals surface area contributed by atoms with Crippen molar-refractivity contribution in [3.63, 3.8) is 0 Å². The van der Waals surface area contributed by atoms with Crippen LogP contribution in [0.3, 0.4) is 0 Å². The van der Waals surface area contributed by atoms with E-state index >= 15 is 0 Å². The zero-order chi connectivity index (χ0) is 12.6. The van der Waals surface area contributed by atoms with Crippen LogP contribution < -0.4 is 4.90 Å². The van der Waals surface area contributed by atoms with Crippen molar-refractivity contribution in [2.24, 2.45) is 0 Å². The van der Waals surface area contributed by atoms with E-state index in [4.69, 9.17) is 0 Å². The molecule has 17 heavy (non-hydrogen) atoms. The fraction of sp³-hybridized carbons (Fsp3) is 0.364. The molecule has 1 aliphatic heterocycles. The summed E-state index contributed by atoms with van der Waals surface area (Å²) in [7, 11) is 1.22. The highest BCUT2D eigenvalue weighted by Gasteiger charge is 2.45. The Morgan fingerprint density at radius 3 is 2.65 bits per heavy atom. The fourth-order valence-electron chi connectivity index (χ4n) is 1.71. The number of ether oxygens (including phenoxy) is 1. The molecule has 1 fully saturated rings. The van der Waals surface area contributed by atoms with Crippen LogP contribution in [0.4, 0.5) is 18.9 Å². The number of methoxy groups -OCH3 is 1. The second-order valence-electron chi connectivity index (χ2n) is 3.71. The summed E-state index contributed by atoms with van der Waals surface area (Å²) in [5.74, 6) is -0.512. The molecule has 1 aromatic rings. The minimum absolute atomic E-state index is 0.0235. The lowest BCUT2D eigenvalue weighted by atomic mass is 10.1. The van der Waals surface area contributed by atoms with Gasteiger partial charge in [-0.15, -0.1) is 0 Å². The maximum absolute atomic E-state index is 12.7. The van der Waals surface area contributed by atoms with Crippen LogP contribution in [0.5, 0.6) is 0 Å². The Morgan fingerprint density at radius 1 is 1.41 bits per heavy atom. The Hall–Kier alpha value is -1.72. The van der Waals surface area contributed by atoms with E-state index in [2.05, 4.69) is 4.74 Å². The Morgan fingerprint density at radius 2 is 2.06 bits per heavy atom. The average molecular weight is 245 g/mol. The summed E-state index contributed by atoms with van der Waals surface area (Å²) in [4.78, 5) is 12.5. The topological polar surface area (TPSA) is 29.3 Å². The fourth-order valence-corrected chi connectivity index (χ4v) is 1.71. The van der Waals surface area contributed by atoms with Crippen LogP contribution in [0.25, 0.3) is 0 Å². The van der Waals surface area contributed by atoms with Gasteiger partial charge < -0.3 is 9.64 Å². The standard InChI is InChI=1S/C11H10F3NO2/c1-17-10(16)9-6-15(9)8-5-3-2-4-7(8)11(12,13)14/h2-5,9H,6H2,1H3. The molecule has 0 N–H and O–H groups in total. The van der Waals surface area contributed by atoms with Gasteiger partial charge in [-0.1, -0.05) is 12.1 Å². The molecule has 0 aliphatic carbocycles. The van der Waals surface area contributed by atoms with Crippen molar-refractivity contribution in [1.82, 2.24) is 0 Å². The van der Waals surface area contributed by atoms with Crippen molar-refractivity contribution in [3.8, 4) is 0 Å². The maximum Gasteiger partial charge on any atom is 0.418 e. The lowest BCUT2D eigenvalue weighted by molar-refractivity contribution is -0.140. The summed E-state index contributed by atoms with van der Waals surface area (Å²) >= 11 is 0. The van der Waals surface area contributed by atoms with Gasteiger partial charge in [-0.05, 0) is 12.1 Å². The summed E-state index contributed by atoms with van der Waals surface area (Å²) in [5, 5.41) is 0. The molecule has 0 radical (unpaired) electrons. The van der Waals surface area contributed by atoms with E-state index in [0.29, 0.717) is 0 Å². The van der Waals surface area contributed by atoms with Crippen LogP contribution in [0.1, 0.15) is 5.56 Å². The van der Waals surface area contributed by atoms with Crippen LogP contribution >= 0.6 is 0 Å². The Labute approximate surface area is 95.8 Å². The number of halogens is 3. The molecule has 1 aliphatic rings. The Bertz CT molecular complexity index is 445. The molecular weight excluding hydrogens is 235 g/mol. The smallest absolute Gasteiger partial charge is 0.418 e. The first-order chi connectivity index (χ1) is 7.95. The molecule has 0 saturated carbocycles. The average Bonchev–Trinajstić information content (AvgIpc) is 3.07. The first-order valence-corrected chi connectivity index (χ1v) is 4.96. The van der Waals surface area contributed by atoms with E-state index in [-0.39, 0.29) is 12.2 Å². The van der Waals surface area contributed by atoms with Crippen molar-refractivity contribution in [2.75, 3.05) is 18.6 Å². The number of anilines is 1. The third-order valence-corrected chi connectivity index (χ3v) is 2.60. The number of nitrogens with zero attached hydrogens (tertiary/aromatic N) is 1. The van der Waals surface area contributed by atoms with Crippen molar-refractivity contribution >= 4 is 11.7 Å². The van der Waals surface area contributed by atoms with E-state index < -0.39 is 23.8 Å². The van der Waals surface area contributed by atoms with Crippen molar-refractivity contribution in [1.29, 1.82) is 0 Å². The Kier molecular flexibility index (Phi) is 2.73. The predicted molar refractivity (Wildman–Crippen MR) is 54.6 cm³/mol. The summed E-state index contributed by atoms with van der Waals surface area (Å²) in [6.45, 7) is 0.264. The SMILES string of the molecule is COC(=O)C1CN1c1ccccc1C(F)(F)F. The van der Waals surface area contributed by atoms with E-state index in [9.17, 15) is 18.0 Å². The highest BCUT2D eigenvalue weighted by molar-refractivity contribution is 5.87. The number of alkyl halides is 3. The third-order valence-electron chi connectivity index (χ3n) is 2.60. The number of esters is 1. The quantitative estimate of drug-likeness (QED) is 0.590. The normalized spacial score (nSPS) is 19.1. The van der Waals surface area contributed by atoms with Crippen LogP contribution in [-0.2, 0) is 15.7 Å². The molecule has 0 bridgehead atoms. The van der Waals surface area contributed by atoms with Gasteiger partial charge in [0.15, 0.2) is 0 Å². The molecule has 6 heteroatoms. The molecule has 0 spiro atoms. The van der Waals surface area contributed by atoms with Gasteiger partial charge in [0.1, 0.15) is 6.04 Å². The van der Waals surface area contributed by atoms with Crippen LogP contribution in [0.2, 0.25) is 0 Å². The largest absolute Gasteiger partial charge is 0.467 e. The first-order valence-electron chi connectivity index (χ1n) is 4.96. The van der Waals surface area contributed by atoms with Gasteiger partial charge in [0.2, 0.25) is 0 Å². The van der Waals surface area contributed by atoms with Crippen LogP contribution in [0.15, 0.2) is 24.3 Å². The minimum Gasteiger partial charge on any atom is -0.467 e.